The van der Waals surface area contributed by atoms with Gasteiger partial charge in [-0.05, 0) is 38.5 Å². The summed E-state index contributed by atoms with van der Waals surface area (Å²) < 4.78 is 13.1. The van der Waals surface area contributed by atoms with Crippen LogP contribution in [-0.2, 0) is 6.54 Å². The zero-order valence-electron chi connectivity index (χ0n) is 13.9. The van der Waals surface area contributed by atoms with Gasteiger partial charge >= 0.3 is 5.63 Å². The molecular formula is C17H19N3O3S. The van der Waals surface area contributed by atoms with Gasteiger partial charge in [0, 0.05) is 29.8 Å². The summed E-state index contributed by atoms with van der Waals surface area (Å²) in [7, 11) is 0. The lowest BCUT2D eigenvalue weighted by Gasteiger charge is -2.08. The van der Waals surface area contributed by atoms with E-state index in [1.165, 1.54) is 6.07 Å². The Hall–Kier alpha value is -2.28. The lowest BCUT2D eigenvalue weighted by Crippen LogP contribution is -2.04. The van der Waals surface area contributed by atoms with E-state index in [4.69, 9.17) is 9.15 Å². The first kappa shape index (κ1) is 16.6. The zero-order chi connectivity index (χ0) is 17.1. The molecule has 2 aromatic heterocycles. The van der Waals surface area contributed by atoms with E-state index in [-0.39, 0.29) is 5.63 Å². The zero-order valence-corrected chi connectivity index (χ0v) is 14.7. The Bertz CT molecular complexity index is 917. The first-order chi connectivity index (χ1) is 11.6. The van der Waals surface area contributed by atoms with Crippen molar-refractivity contribution in [1.29, 1.82) is 0 Å². The van der Waals surface area contributed by atoms with Crippen LogP contribution in [0.5, 0.6) is 5.75 Å². The number of aryl methyl sites for hydroxylation is 2. The van der Waals surface area contributed by atoms with E-state index in [1.54, 1.807) is 17.8 Å². The second kappa shape index (κ2) is 7.09. The molecule has 0 aliphatic rings. The number of thioether (sulfide) groups is 1. The number of fused-ring (bicyclic) bond motifs is 1. The standard InChI is InChI=1S/C17H19N3O3S/c1-4-20-12(3)18-19-17(20)24-8-7-22-13-5-6-14-11(2)9-16(21)23-15(14)10-13/h5-6,9-10H,4,7-8H2,1-3H3. The van der Waals surface area contributed by atoms with E-state index < -0.39 is 0 Å². The number of aromatic nitrogens is 3. The highest BCUT2D eigenvalue weighted by Crippen LogP contribution is 2.23. The van der Waals surface area contributed by atoms with Gasteiger partial charge in [0.1, 0.15) is 17.2 Å². The third-order valence-electron chi connectivity index (χ3n) is 3.72. The van der Waals surface area contributed by atoms with Crippen molar-refractivity contribution in [3.05, 3.63) is 46.1 Å². The first-order valence-corrected chi connectivity index (χ1v) is 8.77. The third kappa shape index (κ3) is 3.46. The van der Waals surface area contributed by atoms with Gasteiger partial charge in [0.2, 0.25) is 0 Å². The molecule has 3 rings (SSSR count). The van der Waals surface area contributed by atoms with E-state index >= 15 is 0 Å². The molecule has 24 heavy (non-hydrogen) atoms. The molecule has 0 saturated heterocycles. The number of benzene rings is 1. The van der Waals surface area contributed by atoms with Crippen LogP contribution in [-0.4, -0.2) is 27.1 Å². The fourth-order valence-corrected chi connectivity index (χ4v) is 3.38. The average Bonchev–Trinajstić information content (AvgIpc) is 2.91. The Kier molecular flexibility index (Phi) is 4.89. The number of hydrogen-bond acceptors (Lipinski definition) is 6. The SMILES string of the molecule is CCn1c(C)nnc1SCCOc1ccc2c(C)cc(=O)oc2c1. The summed E-state index contributed by atoms with van der Waals surface area (Å²) in [5.74, 6) is 2.36. The predicted octanol–water partition coefficient (Wildman–Crippen LogP) is 3.19. The number of ether oxygens (including phenoxy) is 1. The Balaban J connectivity index is 1.62. The van der Waals surface area contributed by atoms with Gasteiger partial charge in [0.15, 0.2) is 5.16 Å². The van der Waals surface area contributed by atoms with Gasteiger partial charge < -0.3 is 13.7 Å². The summed E-state index contributed by atoms with van der Waals surface area (Å²) in [6.45, 7) is 7.29. The fourth-order valence-electron chi connectivity index (χ4n) is 2.52. The maximum atomic E-state index is 11.5. The van der Waals surface area contributed by atoms with Crippen molar-refractivity contribution >= 4 is 22.7 Å². The summed E-state index contributed by atoms with van der Waals surface area (Å²) in [6, 6.07) is 7.05. The molecule has 6 nitrogen and oxygen atoms in total. The first-order valence-electron chi connectivity index (χ1n) is 7.78. The summed E-state index contributed by atoms with van der Waals surface area (Å²) in [4.78, 5) is 11.5. The lowest BCUT2D eigenvalue weighted by molar-refractivity contribution is 0.343. The molecule has 1 aromatic carbocycles. The molecule has 7 heteroatoms. The summed E-state index contributed by atoms with van der Waals surface area (Å²) in [5, 5.41) is 10.1. The van der Waals surface area contributed by atoms with Gasteiger partial charge in [-0.2, -0.15) is 0 Å². The normalized spacial score (nSPS) is 11.1. The Labute approximate surface area is 143 Å². The molecule has 3 aromatic rings. The van der Waals surface area contributed by atoms with Gasteiger partial charge in [0.05, 0.1) is 6.61 Å². The Morgan fingerprint density at radius 1 is 1.25 bits per heavy atom. The molecule has 2 heterocycles. The van der Waals surface area contributed by atoms with E-state index in [9.17, 15) is 4.79 Å². The van der Waals surface area contributed by atoms with Crippen molar-refractivity contribution in [3.8, 4) is 5.75 Å². The van der Waals surface area contributed by atoms with Crippen molar-refractivity contribution in [2.24, 2.45) is 0 Å². The summed E-state index contributed by atoms with van der Waals surface area (Å²) in [5.41, 5.74) is 1.10. The Morgan fingerprint density at radius 3 is 2.88 bits per heavy atom. The molecule has 0 saturated carbocycles. The summed E-state index contributed by atoms with van der Waals surface area (Å²) in [6.07, 6.45) is 0. The van der Waals surface area contributed by atoms with Gasteiger partial charge in [-0.25, -0.2) is 4.79 Å². The molecule has 0 aliphatic heterocycles. The van der Waals surface area contributed by atoms with Crippen molar-refractivity contribution in [1.82, 2.24) is 14.8 Å². The van der Waals surface area contributed by atoms with Crippen molar-refractivity contribution in [3.63, 3.8) is 0 Å². The second-order valence-corrected chi connectivity index (χ2v) is 6.44. The molecule has 0 spiro atoms. The number of nitrogens with zero attached hydrogens (tertiary/aromatic N) is 3. The highest BCUT2D eigenvalue weighted by Gasteiger charge is 2.08. The van der Waals surface area contributed by atoms with Gasteiger partial charge in [-0.3, -0.25) is 0 Å². The van der Waals surface area contributed by atoms with Crippen molar-refractivity contribution in [2.45, 2.75) is 32.5 Å². The van der Waals surface area contributed by atoms with Gasteiger partial charge in [0.25, 0.3) is 0 Å². The minimum Gasteiger partial charge on any atom is -0.493 e. The predicted molar refractivity (Wildman–Crippen MR) is 93.9 cm³/mol. The van der Waals surface area contributed by atoms with Crippen LogP contribution in [0.25, 0.3) is 11.0 Å². The van der Waals surface area contributed by atoms with E-state index in [1.807, 2.05) is 26.0 Å². The summed E-state index contributed by atoms with van der Waals surface area (Å²) >= 11 is 1.61. The monoisotopic (exact) mass is 345 g/mol. The molecule has 0 amide bonds. The van der Waals surface area contributed by atoms with Gasteiger partial charge in [-0.1, -0.05) is 11.8 Å². The van der Waals surface area contributed by atoms with Crippen molar-refractivity contribution < 1.29 is 9.15 Å². The van der Waals surface area contributed by atoms with E-state index in [2.05, 4.69) is 21.7 Å². The van der Waals surface area contributed by atoms with E-state index in [0.29, 0.717) is 17.9 Å². The maximum Gasteiger partial charge on any atom is 0.336 e. The molecule has 0 fully saturated rings. The Morgan fingerprint density at radius 2 is 2.08 bits per heavy atom. The smallest absolute Gasteiger partial charge is 0.336 e. The average molecular weight is 345 g/mol. The van der Waals surface area contributed by atoms with Crippen LogP contribution >= 0.6 is 11.8 Å². The molecule has 0 unspecified atom stereocenters. The third-order valence-corrected chi connectivity index (χ3v) is 4.66. The molecule has 0 aliphatic carbocycles. The lowest BCUT2D eigenvalue weighted by atomic mass is 10.1. The minimum atomic E-state index is -0.345. The van der Waals surface area contributed by atoms with Crippen LogP contribution in [0, 0.1) is 13.8 Å². The van der Waals surface area contributed by atoms with Crippen LogP contribution < -0.4 is 10.4 Å². The van der Waals surface area contributed by atoms with Crippen LogP contribution in [0.15, 0.2) is 38.6 Å². The quantitative estimate of drug-likeness (QED) is 0.388. The van der Waals surface area contributed by atoms with Crippen LogP contribution in [0.3, 0.4) is 0 Å². The highest BCUT2D eigenvalue weighted by molar-refractivity contribution is 7.99. The minimum absolute atomic E-state index is 0.345. The fraction of sp³-hybridized carbons (Fsp3) is 0.353. The van der Waals surface area contributed by atoms with Crippen LogP contribution in [0.4, 0.5) is 0 Å². The number of rotatable bonds is 6. The molecule has 0 bridgehead atoms. The molecule has 0 atom stereocenters. The van der Waals surface area contributed by atoms with Crippen LogP contribution in [0.2, 0.25) is 0 Å². The largest absolute Gasteiger partial charge is 0.493 e. The van der Waals surface area contributed by atoms with E-state index in [0.717, 1.165) is 34.2 Å². The van der Waals surface area contributed by atoms with Gasteiger partial charge in [-0.15, -0.1) is 10.2 Å². The molecule has 0 N–H and O–H groups in total. The molecule has 0 radical (unpaired) electrons. The van der Waals surface area contributed by atoms with Crippen LogP contribution in [0.1, 0.15) is 18.3 Å². The van der Waals surface area contributed by atoms with Crippen molar-refractivity contribution in [2.75, 3.05) is 12.4 Å². The maximum absolute atomic E-state index is 11.5. The highest BCUT2D eigenvalue weighted by atomic mass is 32.2. The second-order valence-electron chi connectivity index (χ2n) is 5.38. The molecular weight excluding hydrogens is 326 g/mol. The number of hydrogen-bond donors (Lipinski definition) is 0. The molecule has 126 valence electrons. The topological polar surface area (TPSA) is 70.2 Å².